The molecule has 2 N–H and O–H groups in total. The molecule has 0 saturated carbocycles. The second kappa shape index (κ2) is 7.80. The Labute approximate surface area is 129 Å². The van der Waals surface area contributed by atoms with Gasteiger partial charge in [-0.05, 0) is 42.5 Å². The molecule has 21 heavy (non-hydrogen) atoms. The predicted molar refractivity (Wildman–Crippen MR) is 89.0 cm³/mol. The Hall–Kier alpha value is -1.07. The average Bonchev–Trinajstić information content (AvgIpc) is 2.46. The molecule has 0 aromatic heterocycles. The highest BCUT2D eigenvalue weighted by Crippen LogP contribution is 2.28. The Morgan fingerprint density at radius 1 is 1.10 bits per heavy atom. The van der Waals surface area contributed by atoms with Crippen molar-refractivity contribution in [1.82, 2.24) is 4.31 Å². The summed E-state index contributed by atoms with van der Waals surface area (Å²) < 4.78 is 27.4. The summed E-state index contributed by atoms with van der Waals surface area (Å²) in [6.45, 7) is 8.94. The summed E-state index contributed by atoms with van der Waals surface area (Å²) in [5, 5.41) is 0. The maximum Gasteiger partial charge on any atom is 0.243 e. The van der Waals surface area contributed by atoms with Gasteiger partial charge < -0.3 is 5.73 Å². The van der Waals surface area contributed by atoms with Crippen molar-refractivity contribution in [2.24, 2.45) is 0 Å². The van der Waals surface area contributed by atoms with Crippen LogP contribution in [0.25, 0.3) is 0 Å². The fourth-order valence-electron chi connectivity index (χ4n) is 2.46. The van der Waals surface area contributed by atoms with Crippen molar-refractivity contribution < 1.29 is 8.42 Å². The highest BCUT2D eigenvalue weighted by Gasteiger charge is 2.26. The van der Waals surface area contributed by atoms with Gasteiger partial charge in [0.1, 0.15) is 0 Å². The van der Waals surface area contributed by atoms with E-state index in [1.54, 1.807) is 10.4 Å². The first kappa shape index (κ1) is 18.0. The molecular formula is C16H28N2O2S. The van der Waals surface area contributed by atoms with Crippen molar-refractivity contribution in [1.29, 1.82) is 0 Å². The molecular weight excluding hydrogens is 284 g/mol. The standard InChI is InChI=1S/C16H28N2O2S/c1-5-9-10-18(8-4)21(19,20)16-12-13(6-2)11-15(17)14(16)7-3/h11-12H,5-10,17H2,1-4H3. The molecule has 0 atom stereocenters. The molecule has 0 aliphatic carbocycles. The van der Waals surface area contributed by atoms with E-state index in [0.717, 1.165) is 30.4 Å². The normalized spacial score (nSPS) is 12.0. The van der Waals surface area contributed by atoms with E-state index in [-0.39, 0.29) is 0 Å². The summed E-state index contributed by atoms with van der Waals surface area (Å²) in [7, 11) is -3.47. The van der Waals surface area contributed by atoms with Crippen molar-refractivity contribution in [2.45, 2.75) is 58.3 Å². The Balaban J connectivity index is 3.37. The Kier molecular flexibility index (Phi) is 6.68. The minimum absolute atomic E-state index is 0.389. The molecule has 5 heteroatoms. The number of hydrogen-bond acceptors (Lipinski definition) is 3. The third-order valence-electron chi connectivity index (χ3n) is 3.80. The van der Waals surface area contributed by atoms with Crippen LogP contribution in [0.3, 0.4) is 0 Å². The molecule has 0 fully saturated rings. The molecule has 1 aromatic rings. The van der Waals surface area contributed by atoms with Crippen LogP contribution in [-0.2, 0) is 22.9 Å². The van der Waals surface area contributed by atoms with E-state index in [2.05, 4.69) is 6.92 Å². The Morgan fingerprint density at radius 3 is 2.24 bits per heavy atom. The van der Waals surface area contributed by atoms with Crippen molar-refractivity contribution >= 4 is 15.7 Å². The van der Waals surface area contributed by atoms with Gasteiger partial charge in [-0.15, -0.1) is 0 Å². The number of sulfonamides is 1. The first-order chi connectivity index (χ1) is 9.92. The average molecular weight is 312 g/mol. The van der Waals surface area contributed by atoms with Gasteiger partial charge in [-0.1, -0.05) is 34.1 Å². The highest BCUT2D eigenvalue weighted by atomic mass is 32.2. The van der Waals surface area contributed by atoms with E-state index in [1.807, 2.05) is 26.8 Å². The molecule has 0 unspecified atom stereocenters. The third-order valence-corrected chi connectivity index (χ3v) is 5.84. The lowest BCUT2D eigenvalue weighted by Gasteiger charge is -2.23. The van der Waals surface area contributed by atoms with Crippen LogP contribution in [-0.4, -0.2) is 25.8 Å². The minimum atomic E-state index is -3.47. The van der Waals surface area contributed by atoms with Crippen molar-refractivity contribution in [2.75, 3.05) is 18.8 Å². The topological polar surface area (TPSA) is 63.4 Å². The zero-order valence-electron chi connectivity index (χ0n) is 13.6. The van der Waals surface area contributed by atoms with Crippen LogP contribution in [0.4, 0.5) is 5.69 Å². The lowest BCUT2D eigenvalue weighted by Crippen LogP contribution is -2.32. The number of anilines is 1. The van der Waals surface area contributed by atoms with Crippen LogP contribution in [0.5, 0.6) is 0 Å². The van der Waals surface area contributed by atoms with Gasteiger partial charge in [0.2, 0.25) is 10.0 Å². The minimum Gasteiger partial charge on any atom is -0.398 e. The highest BCUT2D eigenvalue weighted by molar-refractivity contribution is 7.89. The van der Waals surface area contributed by atoms with Gasteiger partial charge >= 0.3 is 0 Å². The molecule has 1 aromatic carbocycles. The Morgan fingerprint density at radius 2 is 1.76 bits per heavy atom. The van der Waals surface area contributed by atoms with Gasteiger partial charge in [-0.2, -0.15) is 4.31 Å². The summed E-state index contributed by atoms with van der Waals surface area (Å²) >= 11 is 0. The second-order valence-electron chi connectivity index (χ2n) is 5.22. The molecule has 1 rings (SSSR count). The maximum absolute atomic E-state index is 12.9. The molecule has 0 radical (unpaired) electrons. The molecule has 0 bridgehead atoms. The molecule has 0 spiro atoms. The molecule has 0 heterocycles. The van der Waals surface area contributed by atoms with Crippen LogP contribution < -0.4 is 5.73 Å². The first-order valence-corrected chi connectivity index (χ1v) is 9.27. The first-order valence-electron chi connectivity index (χ1n) is 7.83. The van der Waals surface area contributed by atoms with Gasteiger partial charge in [0.15, 0.2) is 0 Å². The van der Waals surface area contributed by atoms with E-state index < -0.39 is 10.0 Å². The third kappa shape index (κ3) is 3.98. The predicted octanol–water partition coefficient (Wildman–Crippen LogP) is 3.20. The number of benzene rings is 1. The van der Waals surface area contributed by atoms with Crippen molar-refractivity contribution in [3.63, 3.8) is 0 Å². The fraction of sp³-hybridized carbons (Fsp3) is 0.625. The summed E-state index contributed by atoms with van der Waals surface area (Å²) in [5.41, 5.74) is 8.35. The van der Waals surface area contributed by atoms with Crippen LogP contribution >= 0.6 is 0 Å². The van der Waals surface area contributed by atoms with E-state index in [9.17, 15) is 8.42 Å². The molecule has 0 saturated heterocycles. The van der Waals surface area contributed by atoms with E-state index in [0.29, 0.717) is 30.1 Å². The van der Waals surface area contributed by atoms with Crippen LogP contribution in [0.2, 0.25) is 0 Å². The van der Waals surface area contributed by atoms with E-state index >= 15 is 0 Å². The number of nitrogens with two attached hydrogens (primary N) is 1. The molecule has 0 amide bonds. The van der Waals surface area contributed by atoms with Gasteiger partial charge in [0, 0.05) is 18.8 Å². The summed E-state index contributed by atoms with van der Waals surface area (Å²) in [6, 6.07) is 3.68. The lowest BCUT2D eigenvalue weighted by molar-refractivity contribution is 0.418. The van der Waals surface area contributed by atoms with Crippen molar-refractivity contribution in [3.8, 4) is 0 Å². The van der Waals surface area contributed by atoms with E-state index in [1.165, 1.54) is 0 Å². The number of nitrogen functional groups attached to an aromatic ring is 1. The SMILES string of the molecule is CCCCN(CC)S(=O)(=O)c1cc(CC)cc(N)c1CC. The maximum atomic E-state index is 12.9. The molecule has 4 nitrogen and oxygen atoms in total. The van der Waals surface area contributed by atoms with Crippen LogP contribution in [0, 0.1) is 0 Å². The molecule has 0 aliphatic heterocycles. The monoisotopic (exact) mass is 312 g/mol. The van der Waals surface area contributed by atoms with Gasteiger partial charge in [-0.25, -0.2) is 8.42 Å². The number of unbranched alkanes of at least 4 members (excludes halogenated alkanes) is 1. The van der Waals surface area contributed by atoms with Crippen LogP contribution in [0.15, 0.2) is 17.0 Å². The van der Waals surface area contributed by atoms with Gasteiger partial charge in [-0.3, -0.25) is 0 Å². The molecule has 0 aliphatic rings. The zero-order chi connectivity index (χ0) is 16.0. The summed E-state index contributed by atoms with van der Waals surface area (Å²) in [4.78, 5) is 0.389. The number of hydrogen-bond donors (Lipinski definition) is 1. The zero-order valence-corrected chi connectivity index (χ0v) is 14.5. The van der Waals surface area contributed by atoms with Crippen LogP contribution in [0.1, 0.15) is 51.7 Å². The molecule has 120 valence electrons. The summed E-state index contributed by atoms with van der Waals surface area (Å²) in [5.74, 6) is 0. The quantitative estimate of drug-likeness (QED) is 0.750. The fourth-order valence-corrected chi connectivity index (χ4v) is 4.32. The Bertz CT molecular complexity index is 568. The number of rotatable bonds is 8. The lowest BCUT2D eigenvalue weighted by atomic mass is 10.1. The van der Waals surface area contributed by atoms with Gasteiger partial charge in [0.05, 0.1) is 4.90 Å². The number of nitrogens with zero attached hydrogens (tertiary/aromatic N) is 1. The summed E-state index contributed by atoms with van der Waals surface area (Å²) in [6.07, 6.45) is 3.24. The van der Waals surface area contributed by atoms with Gasteiger partial charge in [0.25, 0.3) is 0 Å². The number of aryl methyl sites for hydroxylation is 1. The largest absolute Gasteiger partial charge is 0.398 e. The van der Waals surface area contributed by atoms with E-state index in [4.69, 9.17) is 5.73 Å². The second-order valence-corrected chi connectivity index (χ2v) is 7.13. The van der Waals surface area contributed by atoms with Crippen molar-refractivity contribution in [3.05, 3.63) is 23.3 Å². The smallest absolute Gasteiger partial charge is 0.243 e.